The van der Waals surface area contributed by atoms with Crippen LogP contribution in [0, 0.1) is 0 Å². The average molecular weight is 289 g/mol. The molecule has 0 saturated carbocycles. The number of hydrogen-bond acceptors (Lipinski definition) is 2. The number of aromatic nitrogens is 2. The Morgan fingerprint density at radius 1 is 1.10 bits per heavy atom. The molecule has 0 aliphatic rings. The fourth-order valence-corrected chi connectivity index (χ4v) is 2.10. The molecule has 0 aliphatic heterocycles. The van der Waals surface area contributed by atoms with Gasteiger partial charge in [-0.2, -0.15) is 0 Å². The molecule has 0 atom stereocenters. The van der Waals surface area contributed by atoms with Gasteiger partial charge in [-0.25, -0.2) is 4.98 Å². The number of benzene rings is 2. The second kappa shape index (κ2) is 6.44. The smallest absolute Gasteiger partial charge is 0.121 e. The van der Waals surface area contributed by atoms with Crippen LogP contribution in [0.25, 0.3) is 16.7 Å². The summed E-state index contributed by atoms with van der Waals surface area (Å²) in [6, 6.07) is 16.3. The number of imidazole rings is 1. The van der Waals surface area contributed by atoms with Crippen LogP contribution < -0.4 is 4.74 Å². The Hall–Kier alpha value is -2.00. The molecule has 0 radical (unpaired) electrons. The van der Waals surface area contributed by atoms with E-state index in [9.17, 15) is 0 Å². The maximum Gasteiger partial charge on any atom is 0.121 e. The molecule has 0 bridgehead atoms. The highest BCUT2D eigenvalue weighted by molar-refractivity contribution is 5.85. The minimum atomic E-state index is 0. The van der Waals surface area contributed by atoms with Gasteiger partial charge >= 0.3 is 0 Å². The van der Waals surface area contributed by atoms with Crippen molar-refractivity contribution in [1.82, 2.24) is 9.55 Å². The van der Waals surface area contributed by atoms with Crippen molar-refractivity contribution < 1.29 is 4.74 Å². The van der Waals surface area contributed by atoms with E-state index in [2.05, 4.69) is 34.7 Å². The van der Waals surface area contributed by atoms with Crippen LogP contribution in [0.5, 0.6) is 5.75 Å². The summed E-state index contributed by atoms with van der Waals surface area (Å²) in [5.41, 5.74) is 3.17. The van der Waals surface area contributed by atoms with Crippen LogP contribution in [-0.4, -0.2) is 16.2 Å². The highest BCUT2D eigenvalue weighted by Gasteiger charge is 2.05. The first kappa shape index (κ1) is 14.4. The summed E-state index contributed by atoms with van der Waals surface area (Å²) in [5, 5.41) is 0. The fourth-order valence-electron chi connectivity index (χ4n) is 2.10. The Morgan fingerprint density at radius 3 is 2.65 bits per heavy atom. The molecular formula is C16H17ClN2O. The highest BCUT2D eigenvalue weighted by Crippen LogP contribution is 2.22. The first-order valence-corrected chi connectivity index (χ1v) is 6.54. The molecule has 0 spiro atoms. The van der Waals surface area contributed by atoms with Gasteiger partial charge < -0.3 is 4.74 Å². The molecule has 3 aromatic rings. The number of ether oxygens (including phenoxy) is 1. The molecule has 0 aliphatic carbocycles. The van der Waals surface area contributed by atoms with Crippen LogP contribution in [0.2, 0.25) is 0 Å². The molecule has 4 heteroatoms. The molecule has 3 nitrogen and oxygen atoms in total. The fraction of sp³-hybridized carbons (Fsp3) is 0.188. The normalized spacial score (nSPS) is 10.2. The highest BCUT2D eigenvalue weighted by atomic mass is 35.5. The van der Waals surface area contributed by atoms with Gasteiger partial charge in [0.15, 0.2) is 0 Å². The molecule has 104 valence electrons. The molecule has 0 amide bonds. The molecule has 0 unspecified atom stereocenters. The van der Waals surface area contributed by atoms with Crippen LogP contribution in [0.1, 0.15) is 13.3 Å². The molecule has 1 aromatic heterocycles. The summed E-state index contributed by atoms with van der Waals surface area (Å²) in [6.07, 6.45) is 2.86. The van der Waals surface area contributed by atoms with Gasteiger partial charge in [0.2, 0.25) is 0 Å². The molecule has 0 saturated heterocycles. The summed E-state index contributed by atoms with van der Waals surface area (Å²) >= 11 is 0. The zero-order valence-corrected chi connectivity index (χ0v) is 12.1. The molecule has 0 fully saturated rings. The van der Waals surface area contributed by atoms with Crippen LogP contribution in [0.4, 0.5) is 0 Å². The quantitative estimate of drug-likeness (QED) is 0.718. The van der Waals surface area contributed by atoms with Crippen molar-refractivity contribution in [3.8, 4) is 11.4 Å². The van der Waals surface area contributed by atoms with Crippen molar-refractivity contribution in [2.75, 3.05) is 6.61 Å². The number of rotatable bonds is 4. The van der Waals surface area contributed by atoms with E-state index in [-0.39, 0.29) is 12.4 Å². The molecule has 0 N–H and O–H groups in total. The van der Waals surface area contributed by atoms with E-state index in [1.165, 1.54) is 0 Å². The second-order valence-corrected chi connectivity index (χ2v) is 4.45. The van der Waals surface area contributed by atoms with Gasteiger partial charge in [-0.05, 0) is 30.7 Å². The van der Waals surface area contributed by atoms with Crippen molar-refractivity contribution >= 4 is 23.4 Å². The molecular weight excluding hydrogens is 272 g/mol. The maximum absolute atomic E-state index is 5.63. The number of para-hydroxylation sites is 1. The summed E-state index contributed by atoms with van der Waals surface area (Å²) in [7, 11) is 0. The van der Waals surface area contributed by atoms with E-state index in [1.807, 2.05) is 36.7 Å². The first-order chi connectivity index (χ1) is 9.38. The Labute approximate surface area is 124 Å². The zero-order valence-electron chi connectivity index (χ0n) is 11.3. The van der Waals surface area contributed by atoms with E-state index >= 15 is 0 Å². The summed E-state index contributed by atoms with van der Waals surface area (Å²) in [4.78, 5) is 4.45. The third kappa shape index (κ3) is 2.78. The SMILES string of the molecule is CCCOc1ccc2c(c1)ncn2-c1ccccc1.Cl. The van der Waals surface area contributed by atoms with Gasteiger partial charge in [0, 0.05) is 11.8 Å². The summed E-state index contributed by atoms with van der Waals surface area (Å²) in [5.74, 6) is 0.882. The van der Waals surface area contributed by atoms with Crippen molar-refractivity contribution in [2.24, 2.45) is 0 Å². The lowest BCUT2D eigenvalue weighted by Crippen LogP contribution is -1.95. The lowest BCUT2D eigenvalue weighted by Gasteiger charge is -2.06. The standard InChI is InChI=1S/C16H16N2O.ClH/c1-2-10-19-14-8-9-16-15(11-14)17-12-18(16)13-6-4-3-5-7-13;/h3-9,11-12H,2,10H2,1H3;1H. The predicted molar refractivity (Wildman–Crippen MR) is 84.1 cm³/mol. The number of hydrogen-bond donors (Lipinski definition) is 0. The van der Waals surface area contributed by atoms with Gasteiger partial charge in [0.25, 0.3) is 0 Å². The van der Waals surface area contributed by atoms with Crippen LogP contribution in [-0.2, 0) is 0 Å². The lowest BCUT2D eigenvalue weighted by molar-refractivity contribution is 0.318. The van der Waals surface area contributed by atoms with Gasteiger partial charge in [0.1, 0.15) is 12.1 Å². The molecule has 3 rings (SSSR count). The predicted octanol–water partition coefficient (Wildman–Crippen LogP) is 4.24. The first-order valence-electron chi connectivity index (χ1n) is 6.54. The van der Waals surface area contributed by atoms with E-state index in [4.69, 9.17) is 4.74 Å². The number of nitrogens with zero attached hydrogens (tertiary/aromatic N) is 2. The Kier molecular flexibility index (Phi) is 4.64. The minimum Gasteiger partial charge on any atom is -0.494 e. The van der Waals surface area contributed by atoms with E-state index < -0.39 is 0 Å². The van der Waals surface area contributed by atoms with Crippen LogP contribution in [0.3, 0.4) is 0 Å². The Bertz CT molecular complexity index is 679. The molecule has 1 heterocycles. The van der Waals surface area contributed by atoms with E-state index in [0.29, 0.717) is 0 Å². The van der Waals surface area contributed by atoms with Crippen LogP contribution >= 0.6 is 12.4 Å². The molecule has 2 aromatic carbocycles. The third-order valence-corrected chi connectivity index (χ3v) is 3.03. The van der Waals surface area contributed by atoms with Crippen molar-refractivity contribution in [2.45, 2.75) is 13.3 Å². The van der Waals surface area contributed by atoms with Gasteiger partial charge in [0.05, 0.1) is 17.6 Å². The monoisotopic (exact) mass is 288 g/mol. The Morgan fingerprint density at radius 2 is 1.90 bits per heavy atom. The Balaban J connectivity index is 0.00000147. The largest absolute Gasteiger partial charge is 0.494 e. The summed E-state index contributed by atoms with van der Waals surface area (Å²) in [6.45, 7) is 2.84. The van der Waals surface area contributed by atoms with Crippen LogP contribution in [0.15, 0.2) is 54.9 Å². The van der Waals surface area contributed by atoms with Gasteiger partial charge in [-0.1, -0.05) is 25.1 Å². The molecule has 20 heavy (non-hydrogen) atoms. The average Bonchev–Trinajstić information content (AvgIpc) is 2.89. The van der Waals surface area contributed by atoms with Crippen molar-refractivity contribution in [3.05, 3.63) is 54.9 Å². The van der Waals surface area contributed by atoms with E-state index in [1.54, 1.807) is 0 Å². The second-order valence-electron chi connectivity index (χ2n) is 4.45. The van der Waals surface area contributed by atoms with E-state index in [0.717, 1.165) is 35.5 Å². The van der Waals surface area contributed by atoms with Gasteiger partial charge in [-0.15, -0.1) is 12.4 Å². The third-order valence-electron chi connectivity index (χ3n) is 3.03. The van der Waals surface area contributed by atoms with Crippen molar-refractivity contribution in [3.63, 3.8) is 0 Å². The minimum absolute atomic E-state index is 0. The number of halogens is 1. The summed E-state index contributed by atoms with van der Waals surface area (Å²) < 4.78 is 7.71. The van der Waals surface area contributed by atoms with Gasteiger partial charge in [-0.3, -0.25) is 4.57 Å². The topological polar surface area (TPSA) is 27.1 Å². The lowest BCUT2D eigenvalue weighted by atomic mass is 10.2. The number of fused-ring (bicyclic) bond motifs is 1. The van der Waals surface area contributed by atoms with Crippen molar-refractivity contribution in [1.29, 1.82) is 0 Å². The zero-order chi connectivity index (χ0) is 13.1. The maximum atomic E-state index is 5.63.